The second-order valence-electron chi connectivity index (χ2n) is 4.46. The first-order valence-electron chi connectivity index (χ1n) is 6.16. The Bertz CT molecular complexity index is 152. The third-order valence-corrected chi connectivity index (χ3v) is 3.04. The summed E-state index contributed by atoms with van der Waals surface area (Å²) >= 11 is 0. The highest BCUT2D eigenvalue weighted by Crippen LogP contribution is 2.09. The lowest BCUT2D eigenvalue weighted by Gasteiger charge is -2.04. The molecule has 0 amide bonds. The molecular weight excluding hydrogens is 168 g/mol. The third kappa shape index (κ3) is 8.17. The molecule has 0 aliphatic heterocycles. The van der Waals surface area contributed by atoms with Gasteiger partial charge in [0.1, 0.15) is 0 Å². The van der Waals surface area contributed by atoms with Crippen LogP contribution in [0.1, 0.15) is 66.2 Å². The predicted octanol–water partition coefficient (Wildman–Crippen LogP) is 4.64. The molecule has 0 bridgehead atoms. The van der Waals surface area contributed by atoms with E-state index in [-0.39, 0.29) is 0 Å². The van der Waals surface area contributed by atoms with E-state index in [0.717, 1.165) is 24.7 Å². The maximum Gasteiger partial charge on any atom is 0.00912 e. The van der Waals surface area contributed by atoms with Gasteiger partial charge in [-0.25, -0.2) is 0 Å². The van der Waals surface area contributed by atoms with Crippen molar-refractivity contribution in [1.82, 2.24) is 0 Å². The standard InChI is InChI=1S/C14H26/c1-5-13(3)11-9-7-8-10-12-14(4)6-2/h13-14H,5-6,9-12H2,1-4H3. The van der Waals surface area contributed by atoms with Crippen molar-refractivity contribution < 1.29 is 0 Å². The zero-order valence-corrected chi connectivity index (χ0v) is 10.4. The van der Waals surface area contributed by atoms with Gasteiger partial charge in [0.25, 0.3) is 0 Å². The van der Waals surface area contributed by atoms with Crippen LogP contribution >= 0.6 is 0 Å². The highest BCUT2D eigenvalue weighted by Gasteiger charge is 1.96. The van der Waals surface area contributed by atoms with Gasteiger partial charge in [-0.2, -0.15) is 0 Å². The maximum atomic E-state index is 3.28. The second kappa shape index (κ2) is 9.13. The largest absolute Gasteiger partial charge is 0.103 e. The van der Waals surface area contributed by atoms with Crippen LogP contribution in [0.4, 0.5) is 0 Å². The fraction of sp³-hybridized carbons (Fsp3) is 0.857. The van der Waals surface area contributed by atoms with Crippen molar-refractivity contribution >= 4 is 0 Å². The number of rotatable bonds is 6. The van der Waals surface area contributed by atoms with Gasteiger partial charge in [0, 0.05) is 12.8 Å². The van der Waals surface area contributed by atoms with E-state index in [0.29, 0.717) is 0 Å². The van der Waals surface area contributed by atoms with Crippen LogP contribution in [0.5, 0.6) is 0 Å². The monoisotopic (exact) mass is 194 g/mol. The predicted molar refractivity (Wildman–Crippen MR) is 65.2 cm³/mol. The van der Waals surface area contributed by atoms with Crippen LogP contribution in [-0.4, -0.2) is 0 Å². The Kier molecular flexibility index (Phi) is 8.84. The molecule has 0 radical (unpaired) electrons. The van der Waals surface area contributed by atoms with Crippen LogP contribution in [0.3, 0.4) is 0 Å². The minimum Gasteiger partial charge on any atom is -0.103 e. The lowest BCUT2D eigenvalue weighted by Crippen LogP contribution is -1.91. The van der Waals surface area contributed by atoms with Crippen LogP contribution in [-0.2, 0) is 0 Å². The van der Waals surface area contributed by atoms with Crippen LogP contribution < -0.4 is 0 Å². The third-order valence-electron chi connectivity index (χ3n) is 3.04. The Morgan fingerprint density at radius 2 is 1.14 bits per heavy atom. The Labute approximate surface area is 90.5 Å². The van der Waals surface area contributed by atoms with E-state index in [9.17, 15) is 0 Å². The van der Waals surface area contributed by atoms with Crippen LogP contribution in [0.25, 0.3) is 0 Å². The zero-order chi connectivity index (χ0) is 10.8. The molecule has 0 N–H and O–H groups in total. The molecule has 2 unspecified atom stereocenters. The summed E-state index contributed by atoms with van der Waals surface area (Å²) in [6.45, 7) is 9.11. The van der Waals surface area contributed by atoms with E-state index in [1.807, 2.05) is 0 Å². The molecular formula is C14H26. The van der Waals surface area contributed by atoms with Crippen molar-refractivity contribution in [3.8, 4) is 11.8 Å². The van der Waals surface area contributed by atoms with E-state index >= 15 is 0 Å². The maximum absolute atomic E-state index is 3.28. The van der Waals surface area contributed by atoms with Gasteiger partial charge in [-0.1, -0.05) is 40.5 Å². The molecule has 0 saturated carbocycles. The Balaban J connectivity index is 3.35. The molecule has 0 saturated heterocycles. The van der Waals surface area contributed by atoms with Crippen molar-refractivity contribution in [2.24, 2.45) is 11.8 Å². The molecule has 0 aromatic heterocycles. The summed E-state index contributed by atoms with van der Waals surface area (Å²) in [6.07, 6.45) is 7.30. The molecule has 0 aromatic rings. The Morgan fingerprint density at radius 1 is 0.786 bits per heavy atom. The summed E-state index contributed by atoms with van der Waals surface area (Å²) in [6, 6.07) is 0. The summed E-state index contributed by atoms with van der Waals surface area (Å²) in [5, 5.41) is 0. The minimum atomic E-state index is 0.846. The van der Waals surface area contributed by atoms with E-state index in [1.165, 1.54) is 25.7 Å². The molecule has 82 valence electrons. The minimum absolute atomic E-state index is 0.846. The van der Waals surface area contributed by atoms with E-state index < -0.39 is 0 Å². The molecule has 0 heteroatoms. The summed E-state index contributed by atoms with van der Waals surface area (Å²) in [7, 11) is 0. The van der Waals surface area contributed by atoms with Crippen LogP contribution in [0.15, 0.2) is 0 Å². The van der Waals surface area contributed by atoms with E-state index in [1.54, 1.807) is 0 Å². The summed E-state index contributed by atoms with van der Waals surface area (Å²) in [5.74, 6) is 8.25. The molecule has 0 aromatic carbocycles. The Morgan fingerprint density at radius 3 is 1.43 bits per heavy atom. The molecule has 14 heavy (non-hydrogen) atoms. The number of hydrogen-bond acceptors (Lipinski definition) is 0. The second-order valence-corrected chi connectivity index (χ2v) is 4.46. The highest BCUT2D eigenvalue weighted by atomic mass is 14.0. The van der Waals surface area contributed by atoms with Gasteiger partial charge < -0.3 is 0 Å². The Hall–Kier alpha value is -0.440. The van der Waals surface area contributed by atoms with Gasteiger partial charge in [-0.3, -0.25) is 0 Å². The molecule has 0 spiro atoms. The van der Waals surface area contributed by atoms with Crippen molar-refractivity contribution in [2.45, 2.75) is 66.2 Å². The average Bonchev–Trinajstić information content (AvgIpc) is 2.22. The van der Waals surface area contributed by atoms with Crippen LogP contribution in [0.2, 0.25) is 0 Å². The summed E-state index contributed by atoms with van der Waals surface area (Å²) < 4.78 is 0. The molecule has 2 atom stereocenters. The molecule has 0 nitrogen and oxygen atoms in total. The molecule has 0 aliphatic rings. The molecule has 0 heterocycles. The van der Waals surface area contributed by atoms with Crippen molar-refractivity contribution in [3.05, 3.63) is 0 Å². The van der Waals surface area contributed by atoms with Gasteiger partial charge in [-0.05, 0) is 24.7 Å². The SMILES string of the molecule is CCC(C)CCC#CCCC(C)CC. The quantitative estimate of drug-likeness (QED) is 0.540. The zero-order valence-electron chi connectivity index (χ0n) is 10.4. The van der Waals surface area contributed by atoms with Crippen molar-refractivity contribution in [2.75, 3.05) is 0 Å². The first kappa shape index (κ1) is 13.6. The van der Waals surface area contributed by atoms with E-state index in [2.05, 4.69) is 39.5 Å². The molecule has 0 aliphatic carbocycles. The molecule has 0 rings (SSSR count). The highest BCUT2D eigenvalue weighted by molar-refractivity contribution is 4.98. The lowest BCUT2D eigenvalue weighted by atomic mass is 10.0. The van der Waals surface area contributed by atoms with Crippen molar-refractivity contribution in [3.63, 3.8) is 0 Å². The van der Waals surface area contributed by atoms with Crippen LogP contribution in [0, 0.1) is 23.7 Å². The first-order valence-corrected chi connectivity index (χ1v) is 6.16. The number of hydrogen-bond donors (Lipinski definition) is 0. The van der Waals surface area contributed by atoms with Gasteiger partial charge in [0.2, 0.25) is 0 Å². The fourth-order valence-corrected chi connectivity index (χ4v) is 1.22. The fourth-order valence-electron chi connectivity index (χ4n) is 1.22. The van der Waals surface area contributed by atoms with Gasteiger partial charge in [0.05, 0.1) is 0 Å². The van der Waals surface area contributed by atoms with Gasteiger partial charge in [0.15, 0.2) is 0 Å². The average molecular weight is 194 g/mol. The molecule has 0 fully saturated rings. The summed E-state index contributed by atoms with van der Waals surface area (Å²) in [5.41, 5.74) is 0. The summed E-state index contributed by atoms with van der Waals surface area (Å²) in [4.78, 5) is 0. The smallest absolute Gasteiger partial charge is 0.00912 e. The van der Waals surface area contributed by atoms with Gasteiger partial charge >= 0.3 is 0 Å². The van der Waals surface area contributed by atoms with Gasteiger partial charge in [-0.15, -0.1) is 11.8 Å². The normalized spacial score (nSPS) is 14.3. The van der Waals surface area contributed by atoms with Crippen molar-refractivity contribution in [1.29, 1.82) is 0 Å². The topological polar surface area (TPSA) is 0 Å². The lowest BCUT2D eigenvalue weighted by molar-refractivity contribution is 0.521. The van der Waals surface area contributed by atoms with E-state index in [4.69, 9.17) is 0 Å². The first-order chi connectivity index (χ1) is 6.70.